The van der Waals surface area contributed by atoms with Gasteiger partial charge in [-0.3, -0.25) is 5.43 Å². The van der Waals surface area contributed by atoms with Crippen LogP contribution in [0.15, 0.2) is 17.3 Å². The summed E-state index contributed by atoms with van der Waals surface area (Å²) in [5.41, 5.74) is 2.26. The van der Waals surface area contributed by atoms with Crippen LogP contribution in [0, 0.1) is 11.8 Å². The fourth-order valence-corrected chi connectivity index (χ4v) is 4.04. The molecule has 1 aromatic rings. The van der Waals surface area contributed by atoms with Gasteiger partial charge in [0.25, 0.3) is 0 Å². The van der Waals surface area contributed by atoms with Gasteiger partial charge in [0.2, 0.25) is 16.0 Å². The number of sulfonamides is 1. The molecule has 1 aromatic heterocycles. The molecule has 1 heterocycles. The number of nitrogens with zero attached hydrogens (tertiary/aromatic N) is 2. The van der Waals surface area contributed by atoms with E-state index in [1.54, 1.807) is 0 Å². The molecule has 0 radical (unpaired) electrons. The standard InChI is InChI=1S/C12H21N5O2S/c1-3-9-4-5-11(8(9)2)17-20(18,19)10-6-14-12(16-13)15-7-10/h6-9,11,17H,3-5,13H2,1-2H3,(H,14,15,16). The fourth-order valence-electron chi connectivity index (χ4n) is 2.79. The summed E-state index contributed by atoms with van der Waals surface area (Å²) in [6.45, 7) is 4.25. The van der Waals surface area contributed by atoms with Crippen LogP contribution in [0.5, 0.6) is 0 Å². The topological polar surface area (TPSA) is 110 Å². The second-order valence-corrected chi connectivity index (χ2v) is 6.93. The number of hydrogen-bond acceptors (Lipinski definition) is 6. The van der Waals surface area contributed by atoms with Crippen LogP contribution in [0.25, 0.3) is 0 Å². The van der Waals surface area contributed by atoms with E-state index in [2.05, 4.69) is 34.0 Å². The Kier molecular flexibility index (Phi) is 4.56. The Bertz CT molecular complexity index is 545. The maximum Gasteiger partial charge on any atom is 0.243 e. The van der Waals surface area contributed by atoms with Gasteiger partial charge in [0.05, 0.1) is 12.4 Å². The molecule has 1 saturated carbocycles. The first-order valence-corrected chi connectivity index (χ1v) is 8.27. The molecular formula is C12H21N5O2S. The molecule has 20 heavy (non-hydrogen) atoms. The van der Waals surface area contributed by atoms with Crippen molar-refractivity contribution in [1.29, 1.82) is 0 Å². The van der Waals surface area contributed by atoms with E-state index in [9.17, 15) is 8.42 Å². The molecule has 3 unspecified atom stereocenters. The van der Waals surface area contributed by atoms with Crippen LogP contribution in [0.3, 0.4) is 0 Å². The highest BCUT2D eigenvalue weighted by Crippen LogP contribution is 2.34. The highest BCUT2D eigenvalue weighted by Gasteiger charge is 2.34. The number of hydrazine groups is 1. The number of nitrogens with one attached hydrogen (secondary N) is 2. The molecule has 4 N–H and O–H groups in total. The first-order chi connectivity index (χ1) is 9.47. The minimum atomic E-state index is -3.58. The van der Waals surface area contributed by atoms with Gasteiger partial charge in [-0.1, -0.05) is 20.3 Å². The molecule has 7 nitrogen and oxygen atoms in total. The van der Waals surface area contributed by atoms with Crippen LogP contribution >= 0.6 is 0 Å². The Morgan fingerprint density at radius 1 is 1.35 bits per heavy atom. The zero-order chi connectivity index (χ0) is 14.8. The van der Waals surface area contributed by atoms with E-state index in [4.69, 9.17) is 5.84 Å². The van der Waals surface area contributed by atoms with Crippen molar-refractivity contribution in [2.45, 2.75) is 44.0 Å². The highest BCUT2D eigenvalue weighted by atomic mass is 32.2. The van der Waals surface area contributed by atoms with Crippen molar-refractivity contribution < 1.29 is 8.42 Å². The molecule has 1 aliphatic rings. The fraction of sp³-hybridized carbons (Fsp3) is 0.667. The smallest absolute Gasteiger partial charge is 0.243 e. The largest absolute Gasteiger partial charge is 0.292 e. The summed E-state index contributed by atoms with van der Waals surface area (Å²) in [6.07, 6.45) is 5.53. The molecule has 0 aromatic carbocycles. The summed E-state index contributed by atoms with van der Waals surface area (Å²) in [7, 11) is -3.58. The Balaban J connectivity index is 2.11. The van der Waals surface area contributed by atoms with Crippen molar-refractivity contribution in [3.63, 3.8) is 0 Å². The lowest BCUT2D eigenvalue weighted by atomic mass is 9.94. The van der Waals surface area contributed by atoms with Crippen molar-refractivity contribution in [3.05, 3.63) is 12.4 Å². The first-order valence-electron chi connectivity index (χ1n) is 6.79. The highest BCUT2D eigenvalue weighted by molar-refractivity contribution is 7.89. The summed E-state index contributed by atoms with van der Waals surface area (Å²) in [5.74, 6) is 6.27. The minimum Gasteiger partial charge on any atom is -0.292 e. The molecule has 0 amide bonds. The van der Waals surface area contributed by atoms with E-state index in [0.29, 0.717) is 11.8 Å². The summed E-state index contributed by atoms with van der Waals surface area (Å²) >= 11 is 0. The third-order valence-electron chi connectivity index (χ3n) is 4.13. The van der Waals surface area contributed by atoms with Crippen LogP contribution < -0.4 is 16.0 Å². The Morgan fingerprint density at radius 3 is 2.50 bits per heavy atom. The number of nitrogen functional groups attached to an aromatic ring is 1. The summed E-state index contributed by atoms with van der Waals surface area (Å²) in [6, 6.07) is -0.0164. The predicted molar refractivity (Wildman–Crippen MR) is 76.1 cm³/mol. The molecule has 0 spiro atoms. The molecule has 2 rings (SSSR count). The van der Waals surface area contributed by atoms with Gasteiger partial charge in [0.15, 0.2) is 0 Å². The zero-order valence-electron chi connectivity index (χ0n) is 11.7. The van der Waals surface area contributed by atoms with E-state index in [-0.39, 0.29) is 16.9 Å². The van der Waals surface area contributed by atoms with Crippen molar-refractivity contribution in [3.8, 4) is 0 Å². The van der Waals surface area contributed by atoms with Crippen LogP contribution in [0.1, 0.15) is 33.1 Å². The molecule has 1 fully saturated rings. The Morgan fingerprint density at radius 2 is 2.00 bits per heavy atom. The van der Waals surface area contributed by atoms with Gasteiger partial charge in [0.1, 0.15) is 4.90 Å². The predicted octanol–water partition coefficient (Wildman–Crippen LogP) is 0.865. The minimum absolute atomic E-state index is 0.0164. The molecule has 0 aliphatic heterocycles. The lowest BCUT2D eigenvalue weighted by Gasteiger charge is -2.20. The maximum absolute atomic E-state index is 12.3. The number of rotatable bonds is 5. The average Bonchev–Trinajstić information content (AvgIpc) is 2.79. The molecule has 0 saturated heterocycles. The van der Waals surface area contributed by atoms with E-state index >= 15 is 0 Å². The second kappa shape index (κ2) is 6.02. The Labute approximate surface area is 119 Å². The third kappa shape index (κ3) is 3.08. The van der Waals surface area contributed by atoms with Gasteiger partial charge in [-0.05, 0) is 24.7 Å². The third-order valence-corrected chi connectivity index (χ3v) is 5.57. The summed E-state index contributed by atoms with van der Waals surface area (Å²) < 4.78 is 27.3. The van der Waals surface area contributed by atoms with Crippen LogP contribution in [-0.4, -0.2) is 24.4 Å². The van der Waals surface area contributed by atoms with Gasteiger partial charge in [-0.2, -0.15) is 0 Å². The van der Waals surface area contributed by atoms with E-state index in [1.165, 1.54) is 12.4 Å². The van der Waals surface area contributed by atoms with Crippen LogP contribution in [0.2, 0.25) is 0 Å². The van der Waals surface area contributed by atoms with E-state index in [0.717, 1.165) is 19.3 Å². The quantitative estimate of drug-likeness (QED) is 0.549. The monoisotopic (exact) mass is 299 g/mol. The maximum atomic E-state index is 12.3. The van der Waals surface area contributed by atoms with Gasteiger partial charge in [0, 0.05) is 6.04 Å². The molecule has 8 heteroatoms. The van der Waals surface area contributed by atoms with Gasteiger partial charge in [-0.25, -0.2) is 29.0 Å². The second-order valence-electron chi connectivity index (χ2n) is 5.22. The normalized spacial score (nSPS) is 26.6. The molecule has 3 atom stereocenters. The van der Waals surface area contributed by atoms with Crippen LogP contribution in [-0.2, 0) is 10.0 Å². The van der Waals surface area contributed by atoms with Crippen molar-refractivity contribution in [2.75, 3.05) is 5.43 Å². The number of nitrogens with two attached hydrogens (primary N) is 1. The van der Waals surface area contributed by atoms with E-state index in [1.807, 2.05) is 0 Å². The van der Waals surface area contributed by atoms with Crippen molar-refractivity contribution >= 4 is 16.0 Å². The van der Waals surface area contributed by atoms with Gasteiger partial charge < -0.3 is 0 Å². The first kappa shape index (κ1) is 15.1. The number of hydrogen-bond donors (Lipinski definition) is 3. The lowest BCUT2D eigenvalue weighted by Crippen LogP contribution is -2.37. The van der Waals surface area contributed by atoms with Crippen LogP contribution in [0.4, 0.5) is 5.95 Å². The number of aromatic nitrogens is 2. The summed E-state index contributed by atoms with van der Waals surface area (Å²) in [4.78, 5) is 7.70. The summed E-state index contributed by atoms with van der Waals surface area (Å²) in [5, 5.41) is 0. The number of anilines is 1. The van der Waals surface area contributed by atoms with Gasteiger partial charge >= 0.3 is 0 Å². The van der Waals surface area contributed by atoms with Crippen molar-refractivity contribution in [2.24, 2.45) is 17.7 Å². The molecule has 0 bridgehead atoms. The Hall–Kier alpha value is -1.25. The molecule has 112 valence electrons. The van der Waals surface area contributed by atoms with Gasteiger partial charge in [-0.15, -0.1) is 0 Å². The molecule has 1 aliphatic carbocycles. The molecular weight excluding hydrogens is 278 g/mol. The average molecular weight is 299 g/mol. The zero-order valence-corrected chi connectivity index (χ0v) is 12.5. The lowest BCUT2D eigenvalue weighted by molar-refractivity contribution is 0.368. The van der Waals surface area contributed by atoms with E-state index < -0.39 is 10.0 Å². The van der Waals surface area contributed by atoms with Crippen molar-refractivity contribution in [1.82, 2.24) is 14.7 Å². The SMILES string of the molecule is CCC1CCC(NS(=O)(=O)c2cnc(NN)nc2)C1C.